The second-order valence-electron chi connectivity index (χ2n) is 5.18. The number of carbonyl (C=O) groups excluding carboxylic acids is 3. The van der Waals surface area contributed by atoms with Gasteiger partial charge in [-0.1, -0.05) is 6.07 Å². The van der Waals surface area contributed by atoms with Crippen LogP contribution in [0.15, 0.2) is 18.2 Å². The van der Waals surface area contributed by atoms with E-state index in [0.717, 1.165) is 4.90 Å². The van der Waals surface area contributed by atoms with Gasteiger partial charge in [0, 0.05) is 0 Å². The summed E-state index contributed by atoms with van der Waals surface area (Å²) < 4.78 is 4.95. The van der Waals surface area contributed by atoms with E-state index in [9.17, 15) is 19.5 Å². The van der Waals surface area contributed by atoms with E-state index < -0.39 is 23.3 Å². The van der Waals surface area contributed by atoms with Crippen LogP contribution in [-0.4, -0.2) is 46.9 Å². The SMILES string of the molecule is COc1cccc(C(=O)N2CC(=O)NC(=O)C2(C)C)c1O. The van der Waals surface area contributed by atoms with E-state index >= 15 is 0 Å². The molecule has 1 aliphatic heterocycles. The number of hydrogen-bond acceptors (Lipinski definition) is 5. The molecule has 7 heteroatoms. The van der Waals surface area contributed by atoms with Gasteiger partial charge in [0.15, 0.2) is 11.5 Å². The van der Waals surface area contributed by atoms with E-state index in [2.05, 4.69) is 5.32 Å². The van der Waals surface area contributed by atoms with E-state index in [0.29, 0.717) is 0 Å². The van der Waals surface area contributed by atoms with Crippen LogP contribution in [0.4, 0.5) is 0 Å². The number of para-hydroxylation sites is 1. The number of nitrogens with one attached hydrogen (secondary N) is 1. The highest BCUT2D eigenvalue weighted by atomic mass is 16.5. The summed E-state index contributed by atoms with van der Waals surface area (Å²) >= 11 is 0. The molecule has 1 saturated heterocycles. The van der Waals surface area contributed by atoms with Crippen LogP contribution >= 0.6 is 0 Å². The minimum atomic E-state index is -1.19. The Morgan fingerprint density at radius 3 is 2.67 bits per heavy atom. The molecular weight excluding hydrogens is 276 g/mol. The molecule has 1 aliphatic rings. The number of hydrogen-bond donors (Lipinski definition) is 2. The van der Waals surface area contributed by atoms with Gasteiger partial charge in [0.2, 0.25) is 5.91 Å². The fourth-order valence-corrected chi connectivity index (χ4v) is 2.11. The van der Waals surface area contributed by atoms with Gasteiger partial charge in [0.1, 0.15) is 12.1 Å². The van der Waals surface area contributed by atoms with Crippen molar-refractivity contribution < 1.29 is 24.2 Å². The third-order valence-electron chi connectivity index (χ3n) is 3.48. The van der Waals surface area contributed by atoms with Crippen molar-refractivity contribution in [2.45, 2.75) is 19.4 Å². The number of imide groups is 1. The van der Waals surface area contributed by atoms with Crippen molar-refractivity contribution in [1.29, 1.82) is 0 Å². The Kier molecular flexibility index (Phi) is 3.59. The molecule has 7 nitrogen and oxygen atoms in total. The Morgan fingerprint density at radius 2 is 2.05 bits per heavy atom. The molecular formula is C14H16N2O5. The van der Waals surface area contributed by atoms with Gasteiger partial charge in [-0.25, -0.2) is 0 Å². The third-order valence-corrected chi connectivity index (χ3v) is 3.48. The lowest BCUT2D eigenvalue weighted by Crippen LogP contribution is -2.65. The minimum Gasteiger partial charge on any atom is -0.504 e. The molecule has 21 heavy (non-hydrogen) atoms. The Balaban J connectivity index is 2.43. The predicted octanol–water partition coefficient (Wildman–Crippen LogP) is 0.278. The molecule has 0 saturated carbocycles. The smallest absolute Gasteiger partial charge is 0.259 e. The van der Waals surface area contributed by atoms with Crippen LogP contribution in [0.5, 0.6) is 11.5 Å². The van der Waals surface area contributed by atoms with Gasteiger partial charge in [0.05, 0.1) is 12.7 Å². The summed E-state index contributed by atoms with van der Waals surface area (Å²) in [6.07, 6.45) is 0. The molecule has 112 valence electrons. The summed E-state index contributed by atoms with van der Waals surface area (Å²) in [5.41, 5.74) is -1.22. The zero-order valence-corrected chi connectivity index (χ0v) is 12.0. The summed E-state index contributed by atoms with van der Waals surface area (Å²) in [5, 5.41) is 12.2. The Morgan fingerprint density at radius 1 is 1.38 bits per heavy atom. The van der Waals surface area contributed by atoms with Gasteiger partial charge >= 0.3 is 0 Å². The number of carbonyl (C=O) groups is 3. The summed E-state index contributed by atoms with van der Waals surface area (Å²) in [6, 6.07) is 4.46. The van der Waals surface area contributed by atoms with Crippen LogP contribution in [0.3, 0.4) is 0 Å². The molecule has 1 heterocycles. The number of ether oxygens (including phenoxy) is 1. The van der Waals surface area contributed by atoms with Gasteiger partial charge in [0.25, 0.3) is 11.8 Å². The van der Waals surface area contributed by atoms with E-state index in [-0.39, 0.29) is 23.6 Å². The number of aromatic hydroxyl groups is 1. The first kappa shape index (κ1) is 14.8. The fourth-order valence-electron chi connectivity index (χ4n) is 2.11. The Labute approximate surface area is 121 Å². The van der Waals surface area contributed by atoms with Crippen LogP contribution in [-0.2, 0) is 9.59 Å². The van der Waals surface area contributed by atoms with Gasteiger partial charge in [-0.3, -0.25) is 19.7 Å². The number of phenolic OH excluding ortho intramolecular Hbond substituents is 1. The molecule has 0 aliphatic carbocycles. The van der Waals surface area contributed by atoms with Crippen molar-refractivity contribution in [3.05, 3.63) is 23.8 Å². The summed E-state index contributed by atoms with van der Waals surface area (Å²) in [6.45, 7) is 2.81. The summed E-state index contributed by atoms with van der Waals surface area (Å²) in [5.74, 6) is -1.91. The molecule has 0 aromatic heterocycles. The van der Waals surface area contributed by atoms with E-state index in [4.69, 9.17) is 4.74 Å². The molecule has 1 aromatic rings. The predicted molar refractivity (Wildman–Crippen MR) is 72.9 cm³/mol. The van der Waals surface area contributed by atoms with Crippen molar-refractivity contribution in [3.63, 3.8) is 0 Å². The zero-order valence-electron chi connectivity index (χ0n) is 12.0. The summed E-state index contributed by atoms with van der Waals surface area (Å²) in [4.78, 5) is 37.1. The van der Waals surface area contributed by atoms with Crippen molar-refractivity contribution >= 4 is 17.7 Å². The van der Waals surface area contributed by atoms with E-state index in [1.807, 2.05) is 0 Å². The molecule has 0 bridgehead atoms. The van der Waals surface area contributed by atoms with Crippen LogP contribution in [0.25, 0.3) is 0 Å². The molecule has 2 rings (SSSR count). The van der Waals surface area contributed by atoms with Crippen LogP contribution in [0.2, 0.25) is 0 Å². The highest BCUT2D eigenvalue weighted by Gasteiger charge is 2.44. The number of piperazine rings is 1. The molecule has 0 unspecified atom stereocenters. The lowest BCUT2D eigenvalue weighted by molar-refractivity contribution is -0.143. The zero-order chi connectivity index (χ0) is 15.8. The maximum absolute atomic E-state index is 12.6. The second kappa shape index (κ2) is 5.08. The molecule has 2 N–H and O–H groups in total. The quantitative estimate of drug-likeness (QED) is 0.763. The maximum atomic E-state index is 12.6. The highest BCUT2D eigenvalue weighted by Crippen LogP contribution is 2.32. The van der Waals surface area contributed by atoms with Gasteiger partial charge < -0.3 is 14.7 Å². The Hall–Kier alpha value is -2.57. The summed E-state index contributed by atoms with van der Waals surface area (Å²) in [7, 11) is 1.37. The average molecular weight is 292 g/mol. The molecule has 0 atom stereocenters. The van der Waals surface area contributed by atoms with Gasteiger partial charge in [-0.15, -0.1) is 0 Å². The second-order valence-corrected chi connectivity index (χ2v) is 5.18. The molecule has 3 amide bonds. The third kappa shape index (κ3) is 2.42. The van der Waals surface area contributed by atoms with E-state index in [1.54, 1.807) is 6.07 Å². The van der Waals surface area contributed by atoms with Crippen LogP contribution in [0, 0.1) is 0 Å². The number of benzene rings is 1. The van der Waals surface area contributed by atoms with Crippen molar-refractivity contribution in [1.82, 2.24) is 10.2 Å². The fraction of sp³-hybridized carbons (Fsp3) is 0.357. The largest absolute Gasteiger partial charge is 0.504 e. The van der Waals surface area contributed by atoms with Crippen LogP contribution < -0.4 is 10.1 Å². The van der Waals surface area contributed by atoms with E-state index in [1.165, 1.54) is 33.1 Å². The molecule has 1 aromatic carbocycles. The molecule has 0 spiro atoms. The first-order valence-electron chi connectivity index (χ1n) is 6.31. The standard InChI is InChI=1S/C14H16N2O5/c1-14(2)13(20)15-10(17)7-16(14)12(19)8-5-4-6-9(21-3)11(8)18/h4-6,18H,7H2,1-3H3,(H,15,17,20). The number of methoxy groups -OCH3 is 1. The number of phenols is 1. The lowest BCUT2D eigenvalue weighted by atomic mass is 9.97. The first-order chi connectivity index (χ1) is 9.78. The number of amides is 3. The highest BCUT2D eigenvalue weighted by molar-refractivity contribution is 6.09. The molecule has 0 radical (unpaired) electrons. The Bertz CT molecular complexity index is 624. The normalized spacial score (nSPS) is 17.4. The molecule has 1 fully saturated rings. The maximum Gasteiger partial charge on any atom is 0.259 e. The average Bonchev–Trinajstić information content (AvgIpc) is 2.42. The van der Waals surface area contributed by atoms with Gasteiger partial charge in [-0.05, 0) is 26.0 Å². The monoisotopic (exact) mass is 292 g/mol. The number of nitrogens with zero attached hydrogens (tertiary/aromatic N) is 1. The van der Waals surface area contributed by atoms with Gasteiger partial charge in [-0.2, -0.15) is 0 Å². The minimum absolute atomic E-state index is 0.0232. The number of rotatable bonds is 2. The van der Waals surface area contributed by atoms with Crippen molar-refractivity contribution in [3.8, 4) is 11.5 Å². The van der Waals surface area contributed by atoms with Crippen molar-refractivity contribution in [2.75, 3.05) is 13.7 Å². The van der Waals surface area contributed by atoms with Crippen molar-refractivity contribution in [2.24, 2.45) is 0 Å². The van der Waals surface area contributed by atoms with Crippen LogP contribution in [0.1, 0.15) is 24.2 Å². The first-order valence-corrected chi connectivity index (χ1v) is 6.31. The topological polar surface area (TPSA) is 95.9 Å². The lowest BCUT2D eigenvalue weighted by Gasteiger charge is -2.40.